The first-order valence-electron chi connectivity index (χ1n) is 6.87. The summed E-state index contributed by atoms with van der Waals surface area (Å²) < 4.78 is -0.611. The molecule has 4 aliphatic rings. The second-order valence-corrected chi connectivity index (χ2v) is 8.63. The third-order valence-corrected chi connectivity index (χ3v) is 6.89. The number of carbonyl (C=O) groups is 1. The van der Waals surface area contributed by atoms with Crippen LogP contribution in [0.15, 0.2) is 0 Å². The summed E-state index contributed by atoms with van der Waals surface area (Å²) in [7, 11) is 0. The summed E-state index contributed by atoms with van der Waals surface area (Å²) >= 11 is 1.75. The van der Waals surface area contributed by atoms with Gasteiger partial charge in [0, 0.05) is 5.25 Å². The van der Waals surface area contributed by atoms with Crippen molar-refractivity contribution in [3.8, 4) is 0 Å². The smallest absolute Gasteiger partial charge is 0.319 e. The van der Waals surface area contributed by atoms with Gasteiger partial charge in [-0.1, -0.05) is 0 Å². The highest BCUT2D eigenvalue weighted by Crippen LogP contribution is 2.58. The molecule has 0 heterocycles. The molecule has 96 valence electrons. The van der Waals surface area contributed by atoms with Gasteiger partial charge in [-0.05, 0) is 69.6 Å². The Kier molecular flexibility index (Phi) is 2.73. The van der Waals surface area contributed by atoms with Gasteiger partial charge in [0.25, 0.3) is 0 Å². The van der Waals surface area contributed by atoms with Crippen LogP contribution < -0.4 is 0 Å². The summed E-state index contributed by atoms with van der Waals surface area (Å²) in [5.74, 6) is 2.92. The van der Waals surface area contributed by atoms with Gasteiger partial charge >= 0.3 is 5.97 Å². The Morgan fingerprint density at radius 1 is 1.06 bits per heavy atom. The quantitative estimate of drug-likeness (QED) is 0.838. The van der Waals surface area contributed by atoms with Crippen LogP contribution in [0.2, 0.25) is 0 Å². The van der Waals surface area contributed by atoms with Gasteiger partial charge in [0.1, 0.15) is 4.75 Å². The summed E-state index contributed by atoms with van der Waals surface area (Å²) in [6.07, 6.45) is 6.97. The summed E-state index contributed by atoms with van der Waals surface area (Å²) in [4.78, 5) is 11.3. The average molecular weight is 254 g/mol. The van der Waals surface area contributed by atoms with Crippen molar-refractivity contribution in [1.82, 2.24) is 0 Å². The maximum Gasteiger partial charge on any atom is 0.319 e. The molecule has 0 unspecified atom stereocenters. The standard InChI is InChI=1S/C14H22O2S/c1-14(2,13(15)16)17-12-10-4-8-3-9(6-10)7-11(12)5-8/h8-12H,3-7H2,1-2H3,(H,15,16). The lowest BCUT2D eigenvalue weighted by Crippen LogP contribution is -2.48. The zero-order chi connectivity index (χ0) is 12.2. The van der Waals surface area contributed by atoms with Crippen LogP contribution in [0.1, 0.15) is 46.0 Å². The van der Waals surface area contributed by atoms with Crippen LogP contribution in [0.4, 0.5) is 0 Å². The third kappa shape index (κ3) is 2.00. The van der Waals surface area contributed by atoms with E-state index in [9.17, 15) is 9.90 Å². The van der Waals surface area contributed by atoms with E-state index in [1.54, 1.807) is 11.8 Å². The first kappa shape index (κ1) is 11.9. The highest BCUT2D eigenvalue weighted by molar-refractivity contribution is 8.02. The molecular weight excluding hydrogens is 232 g/mol. The molecule has 0 radical (unpaired) electrons. The Balaban J connectivity index is 1.74. The molecule has 0 aromatic heterocycles. The molecule has 1 N–H and O–H groups in total. The average Bonchev–Trinajstić information content (AvgIpc) is 2.22. The van der Waals surface area contributed by atoms with E-state index in [2.05, 4.69) is 0 Å². The van der Waals surface area contributed by atoms with E-state index >= 15 is 0 Å². The minimum absolute atomic E-state index is 0.611. The normalized spacial score (nSPS) is 44.0. The molecular formula is C14H22O2S. The molecule has 2 nitrogen and oxygen atoms in total. The van der Waals surface area contributed by atoms with Gasteiger partial charge in [-0.25, -0.2) is 0 Å². The molecule has 4 bridgehead atoms. The van der Waals surface area contributed by atoms with E-state index in [0.29, 0.717) is 5.25 Å². The molecule has 4 rings (SSSR count). The van der Waals surface area contributed by atoms with Crippen molar-refractivity contribution in [3.05, 3.63) is 0 Å². The van der Waals surface area contributed by atoms with Crippen LogP contribution in [-0.2, 0) is 4.79 Å². The molecule has 4 aliphatic carbocycles. The van der Waals surface area contributed by atoms with Crippen molar-refractivity contribution in [1.29, 1.82) is 0 Å². The lowest BCUT2D eigenvalue weighted by molar-refractivity contribution is -0.138. The van der Waals surface area contributed by atoms with E-state index < -0.39 is 10.7 Å². The molecule has 0 atom stereocenters. The predicted octanol–water partition coefficient (Wildman–Crippen LogP) is 3.41. The zero-order valence-electron chi connectivity index (χ0n) is 10.7. The molecule has 0 spiro atoms. The Bertz CT molecular complexity index is 309. The predicted molar refractivity (Wildman–Crippen MR) is 70.1 cm³/mol. The van der Waals surface area contributed by atoms with Crippen molar-refractivity contribution in [2.75, 3.05) is 0 Å². The molecule has 17 heavy (non-hydrogen) atoms. The van der Waals surface area contributed by atoms with Crippen LogP contribution in [0.5, 0.6) is 0 Å². The number of hydrogen-bond donors (Lipinski definition) is 1. The van der Waals surface area contributed by atoms with E-state index in [0.717, 1.165) is 23.7 Å². The van der Waals surface area contributed by atoms with Gasteiger partial charge < -0.3 is 5.11 Å². The molecule has 0 saturated heterocycles. The minimum Gasteiger partial charge on any atom is -0.480 e. The van der Waals surface area contributed by atoms with Gasteiger partial charge in [-0.15, -0.1) is 11.8 Å². The fraction of sp³-hybridized carbons (Fsp3) is 0.929. The van der Waals surface area contributed by atoms with Gasteiger partial charge in [0.15, 0.2) is 0 Å². The highest BCUT2D eigenvalue weighted by Gasteiger charge is 2.50. The Labute approximate surface area is 108 Å². The maximum absolute atomic E-state index is 11.3. The Morgan fingerprint density at radius 2 is 1.53 bits per heavy atom. The van der Waals surface area contributed by atoms with Gasteiger partial charge in [0.2, 0.25) is 0 Å². The number of thioether (sulfide) groups is 1. The van der Waals surface area contributed by atoms with Crippen molar-refractivity contribution in [2.45, 2.75) is 55.9 Å². The molecule has 0 aromatic rings. The van der Waals surface area contributed by atoms with Crippen molar-refractivity contribution >= 4 is 17.7 Å². The first-order valence-corrected chi connectivity index (χ1v) is 7.75. The second kappa shape index (κ2) is 3.91. The summed E-state index contributed by atoms with van der Waals surface area (Å²) in [6, 6.07) is 0. The lowest BCUT2D eigenvalue weighted by atomic mass is 9.56. The summed E-state index contributed by atoms with van der Waals surface area (Å²) in [5.41, 5.74) is 0. The van der Waals surface area contributed by atoms with E-state index in [1.165, 1.54) is 32.1 Å². The SMILES string of the molecule is CC(C)(SC1C2CC3CC(C2)CC1C3)C(=O)O. The molecule has 0 aromatic carbocycles. The number of hydrogen-bond acceptors (Lipinski definition) is 2. The summed E-state index contributed by atoms with van der Waals surface area (Å²) in [5, 5.41) is 9.89. The monoisotopic (exact) mass is 254 g/mol. The number of carboxylic acid groups (broad SMARTS) is 1. The largest absolute Gasteiger partial charge is 0.480 e. The van der Waals surface area contributed by atoms with Gasteiger partial charge in [-0.3, -0.25) is 4.79 Å². The number of aliphatic carboxylic acids is 1. The van der Waals surface area contributed by atoms with Crippen LogP contribution >= 0.6 is 11.8 Å². The molecule has 4 saturated carbocycles. The van der Waals surface area contributed by atoms with E-state index in [4.69, 9.17) is 0 Å². The van der Waals surface area contributed by atoms with Crippen LogP contribution in [-0.4, -0.2) is 21.1 Å². The number of carboxylic acids is 1. The lowest BCUT2D eigenvalue weighted by Gasteiger charge is -2.55. The third-order valence-electron chi connectivity index (χ3n) is 5.09. The minimum atomic E-state index is -0.656. The molecule has 4 fully saturated rings. The molecule has 3 heteroatoms. The van der Waals surface area contributed by atoms with Crippen LogP contribution in [0.3, 0.4) is 0 Å². The topological polar surface area (TPSA) is 37.3 Å². The van der Waals surface area contributed by atoms with Crippen molar-refractivity contribution < 1.29 is 9.90 Å². The maximum atomic E-state index is 11.3. The molecule has 0 amide bonds. The van der Waals surface area contributed by atoms with Gasteiger partial charge in [0.05, 0.1) is 0 Å². The Hall–Kier alpha value is -0.180. The highest BCUT2D eigenvalue weighted by atomic mass is 32.2. The van der Waals surface area contributed by atoms with E-state index in [1.807, 2.05) is 13.8 Å². The first-order chi connectivity index (χ1) is 7.95. The van der Waals surface area contributed by atoms with Gasteiger partial charge in [-0.2, -0.15) is 0 Å². The van der Waals surface area contributed by atoms with Crippen molar-refractivity contribution in [2.24, 2.45) is 23.7 Å². The van der Waals surface area contributed by atoms with Crippen molar-refractivity contribution in [3.63, 3.8) is 0 Å². The zero-order valence-corrected chi connectivity index (χ0v) is 11.5. The fourth-order valence-corrected chi connectivity index (χ4v) is 6.07. The second-order valence-electron chi connectivity index (χ2n) is 6.83. The van der Waals surface area contributed by atoms with E-state index in [-0.39, 0.29) is 0 Å². The fourth-order valence-electron chi connectivity index (χ4n) is 4.46. The summed E-state index contributed by atoms with van der Waals surface area (Å²) in [6.45, 7) is 3.73. The molecule has 0 aliphatic heterocycles. The van der Waals surface area contributed by atoms with Crippen LogP contribution in [0.25, 0.3) is 0 Å². The Morgan fingerprint density at radius 3 is 1.94 bits per heavy atom. The van der Waals surface area contributed by atoms with Crippen LogP contribution in [0, 0.1) is 23.7 Å². The number of rotatable bonds is 3.